The van der Waals surface area contributed by atoms with E-state index >= 15 is 0 Å². The molecule has 2 heterocycles. The molecule has 0 fully saturated rings. The molecule has 0 N–H and O–H groups in total. The Labute approximate surface area is 211 Å². The molecule has 0 radical (unpaired) electrons. The van der Waals surface area contributed by atoms with Gasteiger partial charge in [-0.2, -0.15) is 0 Å². The molecule has 2 aromatic carbocycles. The number of carbonyl (C=O) groups excluding carboxylic acids is 1. The minimum Gasteiger partial charge on any atom is -0.493 e. The van der Waals surface area contributed by atoms with E-state index in [9.17, 15) is 9.59 Å². The molecular formula is C26H26N2O5S2. The van der Waals surface area contributed by atoms with Crippen molar-refractivity contribution in [1.29, 1.82) is 0 Å². The van der Waals surface area contributed by atoms with Crippen molar-refractivity contribution in [2.45, 2.75) is 24.8 Å². The summed E-state index contributed by atoms with van der Waals surface area (Å²) in [5, 5.41) is 0. The van der Waals surface area contributed by atoms with Gasteiger partial charge in [-0.05, 0) is 61.6 Å². The number of aromatic nitrogens is 1. The van der Waals surface area contributed by atoms with Crippen molar-refractivity contribution < 1.29 is 19.0 Å². The zero-order valence-corrected chi connectivity index (χ0v) is 21.8. The Bertz CT molecular complexity index is 1470. The molecule has 0 aliphatic carbocycles. The first kappa shape index (κ1) is 24.8. The molecule has 182 valence electrons. The Hall–Kier alpha value is -3.30. The highest BCUT2D eigenvalue weighted by Gasteiger charge is 2.33. The molecule has 0 saturated heterocycles. The highest BCUT2D eigenvalue weighted by atomic mass is 32.2. The Morgan fingerprint density at radius 1 is 1.14 bits per heavy atom. The molecule has 1 aliphatic heterocycles. The Morgan fingerprint density at radius 3 is 2.49 bits per heavy atom. The van der Waals surface area contributed by atoms with Crippen LogP contribution in [0.1, 0.15) is 31.0 Å². The van der Waals surface area contributed by atoms with Crippen LogP contribution < -0.4 is 24.4 Å². The lowest BCUT2D eigenvalue weighted by Crippen LogP contribution is -2.39. The molecule has 0 amide bonds. The van der Waals surface area contributed by atoms with Crippen LogP contribution in [0, 0.1) is 0 Å². The molecule has 0 bridgehead atoms. The van der Waals surface area contributed by atoms with Crippen molar-refractivity contribution in [2.24, 2.45) is 4.99 Å². The highest BCUT2D eigenvalue weighted by Crippen LogP contribution is 2.32. The van der Waals surface area contributed by atoms with Gasteiger partial charge < -0.3 is 14.2 Å². The summed E-state index contributed by atoms with van der Waals surface area (Å²) in [5.74, 6) is 0.706. The lowest BCUT2D eigenvalue weighted by Gasteiger charge is -2.24. The number of methoxy groups -OCH3 is 2. The first-order valence-corrected chi connectivity index (χ1v) is 13.0. The Balaban J connectivity index is 1.91. The van der Waals surface area contributed by atoms with Crippen LogP contribution in [-0.2, 0) is 9.53 Å². The molecule has 9 heteroatoms. The fraction of sp³-hybridized carbons (Fsp3) is 0.269. The zero-order valence-electron chi connectivity index (χ0n) is 20.2. The van der Waals surface area contributed by atoms with E-state index in [2.05, 4.69) is 4.99 Å². The smallest absolute Gasteiger partial charge is 0.338 e. The number of thioether (sulfide) groups is 1. The van der Waals surface area contributed by atoms with E-state index in [4.69, 9.17) is 14.2 Å². The quantitative estimate of drug-likeness (QED) is 0.357. The minimum atomic E-state index is -0.631. The number of thiazole rings is 1. The molecule has 1 unspecified atom stereocenters. The largest absolute Gasteiger partial charge is 0.493 e. The predicted octanol–water partition coefficient (Wildman–Crippen LogP) is 3.54. The van der Waals surface area contributed by atoms with Crippen molar-refractivity contribution >= 4 is 35.1 Å². The molecule has 3 aromatic rings. The van der Waals surface area contributed by atoms with Crippen molar-refractivity contribution in [3.63, 3.8) is 0 Å². The van der Waals surface area contributed by atoms with Crippen LogP contribution in [0.3, 0.4) is 0 Å². The van der Waals surface area contributed by atoms with Gasteiger partial charge in [-0.15, -0.1) is 11.8 Å². The van der Waals surface area contributed by atoms with Gasteiger partial charge in [0, 0.05) is 4.90 Å². The lowest BCUT2D eigenvalue weighted by molar-refractivity contribution is -0.139. The van der Waals surface area contributed by atoms with Gasteiger partial charge in [0.1, 0.15) is 0 Å². The molecule has 35 heavy (non-hydrogen) atoms. The summed E-state index contributed by atoms with van der Waals surface area (Å²) < 4.78 is 18.1. The van der Waals surface area contributed by atoms with Gasteiger partial charge in [0.05, 0.1) is 42.7 Å². The van der Waals surface area contributed by atoms with Crippen LogP contribution in [-0.4, -0.2) is 37.6 Å². The van der Waals surface area contributed by atoms with Crippen LogP contribution in [0.2, 0.25) is 0 Å². The summed E-state index contributed by atoms with van der Waals surface area (Å²) in [7, 11) is 3.14. The van der Waals surface area contributed by atoms with E-state index in [0.29, 0.717) is 32.1 Å². The number of allylic oxidation sites excluding steroid dienone is 1. The topological polar surface area (TPSA) is 79.1 Å². The number of carbonyl (C=O) groups is 1. The third-order valence-electron chi connectivity index (χ3n) is 5.65. The maximum Gasteiger partial charge on any atom is 0.338 e. The van der Waals surface area contributed by atoms with E-state index in [1.807, 2.05) is 42.7 Å². The number of hydrogen-bond donors (Lipinski definition) is 0. The third kappa shape index (κ3) is 4.78. The second kappa shape index (κ2) is 10.5. The van der Waals surface area contributed by atoms with Crippen molar-refractivity contribution in [3.8, 4) is 11.5 Å². The highest BCUT2D eigenvalue weighted by molar-refractivity contribution is 7.98. The molecule has 0 saturated carbocycles. The van der Waals surface area contributed by atoms with Crippen molar-refractivity contribution in [3.05, 3.63) is 84.5 Å². The van der Waals surface area contributed by atoms with Gasteiger partial charge in [0.25, 0.3) is 5.56 Å². The van der Waals surface area contributed by atoms with Crippen LogP contribution >= 0.6 is 23.1 Å². The SMILES string of the molecule is CCOC(=O)C1=C(C)N=c2sc(=Cc3ccc(OC)c(OC)c3)c(=O)n2C1c1ccc(SC)cc1. The molecule has 1 aromatic heterocycles. The van der Waals surface area contributed by atoms with Gasteiger partial charge in [-0.3, -0.25) is 9.36 Å². The van der Waals surface area contributed by atoms with Crippen molar-refractivity contribution in [2.75, 3.05) is 27.1 Å². The standard InChI is InChI=1S/C26H26N2O5S2/c1-6-33-25(30)22-15(2)27-26-28(23(22)17-8-10-18(34-5)11-9-17)24(29)21(35-26)14-16-7-12-19(31-3)20(13-16)32-4/h7-14,23H,6H2,1-5H3. The number of benzene rings is 2. The Morgan fingerprint density at radius 2 is 1.86 bits per heavy atom. The molecule has 1 aliphatic rings. The van der Waals surface area contributed by atoms with Gasteiger partial charge >= 0.3 is 5.97 Å². The number of rotatable bonds is 7. The number of nitrogens with zero attached hydrogens (tertiary/aromatic N) is 2. The minimum absolute atomic E-state index is 0.225. The van der Waals surface area contributed by atoms with Gasteiger partial charge in [-0.25, -0.2) is 9.79 Å². The fourth-order valence-electron chi connectivity index (χ4n) is 3.99. The molecule has 4 rings (SSSR count). The fourth-order valence-corrected chi connectivity index (χ4v) is 5.44. The summed E-state index contributed by atoms with van der Waals surface area (Å²) in [6.07, 6.45) is 3.80. The third-order valence-corrected chi connectivity index (χ3v) is 7.38. The molecule has 0 spiro atoms. The summed E-state index contributed by atoms with van der Waals surface area (Å²) in [6, 6.07) is 12.7. The van der Waals surface area contributed by atoms with Gasteiger partial charge in [-0.1, -0.05) is 29.5 Å². The maximum absolute atomic E-state index is 13.7. The van der Waals surface area contributed by atoms with Crippen molar-refractivity contribution in [1.82, 2.24) is 4.57 Å². The monoisotopic (exact) mass is 510 g/mol. The van der Waals surface area contributed by atoms with Gasteiger partial charge in [0.15, 0.2) is 16.3 Å². The van der Waals surface area contributed by atoms with Gasteiger partial charge in [0.2, 0.25) is 0 Å². The summed E-state index contributed by atoms with van der Waals surface area (Å²) in [5.41, 5.74) is 2.29. The van der Waals surface area contributed by atoms with Crippen LogP contribution in [0.15, 0.2) is 68.4 Å². The van der Waals surface area contributed by atoms with E-state index < -0.39 is 12.0 Å². The average molecular weight is 511 g/mol. The number of esters is 1. The second-order valence-corrected chi connectivity index (χ2v) is 9.58. The normalized spacial score (nSPS) is 15.5. The van der Waals surface area contributed by atoms with Crippen LogP contribution in [0.5, 0.6) is 11.5 Å². The van der Waals surface area contributed by atoms with E-state index in [1.165, 1.54) is 11.3 Å². The van der Waals surface area contributed by atoms with E-state index in [1.54, 1.807) is 56.5 Å². The number of fused-ring (bicyclic) bond motifs is 1. The summed E-state index contributed by atoms with van der Waals surface area (Å²) in [4.78, 5) is 32.9. The molecular weight excluding hydrogens is 484 g/mol. The number of hydrogen-bond acceptors (Lipinski definition) is 8. The van der Waals surface area contributed by atoms with Crippen LogP contribution in [0.25, 0.3) is 6.08 Å². The Kier molecular flexibility index (Phi) is 7.47. The van der Waals surface area contributed by atoms with E-state index in [0.717, 1.165) is 16.0 Å². The lowest BCUT2D eigenvalue weighted by atomic mass is 9.96. The summed E-state index contributed by atoms with van der Waals surface area (Å²) >= 11 is 2.91. The summed E-state index contributed by atoms with van der Waals surface area (Å²) in [6.45, 7) is 3.77. The predicted molar refractivity (Wildman–Crippen MR) is 138 cm³/mol. The maximum atomic E-state index is 13.7. The first-order chi connectivity index (χ1) is 16.9. The second-order valence-electron chi connectivity index (χ2n) is 7.69. The zero-order chi connectivity index (χ0) is 25.1. The molecule has 1 atom stereocenters. The first-order valence-electron chi connectivity index (χ1n) is 11.0. The van der Waals surface area contributed by atoms with Crippen LogP contribution in [0.4, 0.5) is 0 Å². The van der Waals surface area contributed by atoms with E-state index in [-0.39, 0.29) is 12.2 Å². The molecule has 7 nitrogen and oxygen atoms in total. The average Bonchev–Trinajstić information content (AvgIpc) is 3.17. The number of ether oxygens (including phenoxy) is 3.